The minimum atomic E-state index is -0.463. The van der Waals surface area contributed by atoms with Crippen molar-refractivity contribution >= 4 is 17.5 Å². The molecule has 0 saturated carbocycles. The SMILES string of the molecule is Cc1cnc(CN2CCN(C(C)C)C(=O)C2=O)c(C)c1N. The fourth-order valence-electron chi connectivity index (χ4n) is 2.47. The molecule has 0 aliphatic carbocycles. The van der Waals surface area contributed by atoms with Crippen molar-refractivity contribution in [3.63, 3.8) is 0 Å². The normalized spacial score (nSPS) is 16.0. The Bertz CT molecular complexity index is 583. The second kappa shape index (κ2) is 5.71. The number of anilines is 1. The topological polar surface area (TPSA) is 79.5 Å². The van der Waals surface area contributed by atoms with E-state index in [4.69, 9.17) is 5.73 Å². The van der Waals surface area contributed by atoms with E-state index >= 15 is 0 Å². The number of hydrogen-bond acceptors (Lipinski definition) is 4. The monoisotopic (exact) mass is 290 g/mol. The molecule has 1 aliphatic heterocycles. The summed E-state index contributed by atoms with van der Waals surface area (Å²) in [6.07, 6.45) is 1.70. The predicted octanol–water partition coefficient (Wildman–Crippen LogP) is 0.860. The van der Waals surface area contributed by atoms with E-state index in [-0.39, 0.29) is 6.04 Å². The Kier molecular flexibility index (Phi) is 4.16. The van der Waals surface area contributed by atoms with E-state index in [1.807, 2.05) is 27.7 Å². The Morgan fingerprint density at radius 2 is 1.90 bits per heavy atom. The van der Waals surface area contributed by atoms with Gasteiger partial charge in [0, 0.05) is 31.0 Å². The van der Waals surface area contributed by atoms with Gasteiger partial charge in [0.1, 0.15) is 0 Å². The highest BCUT2D eigenvalue weighted by Gasteiger charge is 2.34. The first kappa shape index (κ1) is 15.3. The van der Waals surface area contributed by atoms with Crippen molar-refractivity contribution in [3.05, 3.63) is 23.0 Å². The molecular weight excluding hydrogens is 268 g/mol. The summed E-state index contributed by atoms with van der Waals surface area (Å²) in [4.78, 5) is 31.7. The van der Waals surface area contributed by atoms with Crippen molar-refractivity contribution in [3.8, 4) is 0 Å². The molecule has 1 aliphatic rings. The van der Waals surface area contributed by atoms with Crippen LogP contribution in [0.5, 0.6) is 0 Å². The largest absolute Gasteiger partial charge is 0.398 e. The first-order valence-electron chi connectivity index (χ1n) is 7.13. The van der Waals surface area contributed by atoms with Gasteiger partial charge in [0.05, 0.1) is 12.2 Å². The van der Waals surface area contributed by atoms with Crippen molar-refractivity contribution in [1.29, 1.82) is 0 Å². The summed E-state index contributed by atoms with van der Waals surface area (Å²) < 4.78 is 0. The van der Waals surface area contributed by atoms with Crippen molar-refractivity contribution in [2.24, 2.45) is 0 Å². The zero-order valence-corrected chi connectivity index (χ0v) is 13.0. The molecule has 1 aromatic rings. The smallest absolute Gasteiger partial charge is 0.312 e. The zero-order chi connectivity index (χ0) is 15.7. The number of carbonyl (C=O) groups is 2. The van der Waals surface area contributed by atoms with Crippen molar-refractivity contribution < 1.29 is 9.59 Å². The molecule has 0 aromatic carbocycles. The zero-order valence-electron chi connectivity index (χ0n) is 13.0. The number of rotatable bonds is 3. The third-order valence-corrected chi connectivity index (χ3v) is 3.98. The highest BCUT2D eigenvalue weighted by Crippen LogP contribution is 2.20. The minimum absolute atomic E-state index is 0.0403. The molecule has 114 valence electrons. The lowest BCUT2D eigenvalue weighted by molar-refractivity contribution is -0.157. The van der Waals surface area contributed by atoms with Gasteiger partial charge >= 0.3 is 11.8 Å². The van der Waals surface area contributed by atoms with E-state index in [0.29, 0.717) is 25.3 Å². The van der Waals surface area contributed by atoms with E-state index in [2.05, 4.69) is 4.98 Å². The molecule has 0 radical (unpaired) electrons. The molecule has 2 N–H and O–H groups in total. The first-order valence-corrected chi connectivity index (χ1v) is 7.13. The van der Waals surface area contributed by atoms with Gasteiger partial charge in [-0.2, -0.15) is 0 Å². The van der Waals surface area contributed by atoms with Gasteiger partial charge in [-0.3, -0.25) is 14.6 Å². The molecule has 2 heterocycles. The summed E-state index contributed by atoms with van der Waals surface area (Å²) in [5, 5.41) is 0. The van der Waals surface area contributed by atoms with Gasteiger partial charge in [-0.1, -0.05) is 0 Å². The number of nitrogens with two attached hydrogens (primary N) is 1. The van der Waals surface area contributed by atoms with Crippen LogP contribution in [0.3, 0.4) is 0 Å². The minimum Gasteiger partial charge on any atom is -0.398 e. The number of nitrogen functional groups attached to an aromatic ring is 1. The maximum Gasteiger partial charge on any atom is 0.312 e. The van der Waals surface area contributed by atoms with E-state index in [9.17, 15) is 9.59 Å². The van der Waals surface area contributed by atoms with Crippen LogP contribution in [0.2, 0.25) is 0 Å². The van der Waals surface area contributed by atoms with Crippen LogP contribution >= 0.6 is 0 Å². The van der Waals surface area contributed by atoms with E-state index in [1.54, 1.807) is 16.0 Å². The molecule has 0 bridgehead atoms. The summed E-state index contributed by atoms with van der Waals surface area (Å²) in [5.41, 5.74) is 9.23. The average molecular weight is 290 g/mol. The maximum absolute atomic E-state index is 12.2. The van der Waals surface area contributed by atoms with Gasteiger partial charge in [0.2, 0.25) is 0 Å². The quantitative estimate of drug-likeness (QED) is 0.837. The van der Waals surface area contributed by atoms with Gasteiger partial charge in [0.15, 0.2) is 0 Å². The Morgan fingerprint density at radius 1 is 1.24 bits per heavy atom. The number of pyridine rings is 1. The van der Waals surface area contributed by atoms with Gasteiger partial charge < -0.3 is 15.5 Å². The number of nitrogens with zero attached hydrogens (tertiary/aromatic N) is 3. The first-order chi connectivity index (χ1) is 9.82. The molecule has 1 saturated heterocycles. The van der Waals surface area contributed by atoms with Crippen LogP contribution < -0.4 is 5.73 Å². The molecule has 2 amide bonds. The van der Waals surface area contributed by atoms with Crippen LogP contribution in [0.1, 0.15) is 30.7 Å². The summed E-state index contributed by atoms with van der Waals surface area (Å²) in [6.45, 7) is 9.02. The van der Waals surface area contributed by atoms with E-state index in [0.717, 1.165) is 16.8 Å². The number of hydrogen-bond donors (Lipinski definition) is 1. The maximum atomic E-state index is 12.2. The third-order valence-electron chi connectivity index (χ3n) is 3.98. The fraction of sp³-hybridized carbons (Fsp3) is 0.533. The summed E-state index contributed by atoms with van der Waals surface area (Å²) in [6, 6.07) is 0.0403. The summed E-state index contributed by atoms with van der Waals surface area (Å²) in [5.74, 6) is -0.899. The predicted molar refractivity (Wildman–Crippen MR) is 80.4 cm³/mol. The number of aromatic nitrogens is 1. The highest BCUT2D eigenvalue weighted by molar-refractivity contribution is 6.35. The van der Waals surface area contributed by atoms with E-state index < -0.39 is 11.8 Å². The van der Waals surface area contributed by atoms with Gasteiger partial charge in [-0.15, -0.1) is 0 Å². The standard InChI is InChI=1S/C15H22N4O2/c1-9(2)19-6-5-18(14(20)15(19)21)8-12-11(4)13(16)10(3)7-17-12/h7,9H,5-6,8H2,1-4H3,(H2,16,17). The lowest BCUT2D eigenvalue weighted by atomic mass is 10.1. The lowest BCUT2D eigenvalue weighted by Gasteiger charge is -2.36. The molecule has 0 atom stereocenters. The summed E-state index contributed by atoms with van der Waals surface area (Å²) in [7, 11) is 0. The van der Waals surface area contributed by atoms with E-state index in [1.165, 1.54) is 0 Å². The third kappa shape index (κ3) is 2.84. The van der Waals surface area contributed by atoms with Crippen LogP contribution in [-0.2, 0) is 16.1 Å². The second-order valence-corrected chi connectivity index (χ2v) is 5.75. The molecular formula is C15H22N4O2. The van der Waals surface area contributed by atoms with Crippen molar-refractivity contribution in [1.82, 2.24) is 14.8 Å². The van der Waals surface area contributed by atoms with Gasteiger partial charge in [-0.05, 0) is 38.8 Å². The highest BCUT2D eigenvalue weighted by atomic mass is 16.2. The molecule has 0 unspecified atom stereocenters. The molecule has 6 nitrogen and oxygen atoms in total. The number of aryl methyl sites for hydroxylation is 1. The average Bonchev–Trinajstić information content (AvgIpc) is 2.44. The molecule has 6 heteroatoms. The Labute approximate surface area is 124 Å². The van der Waals surface area contributed by atoms with Crippen LogP contribution in [0.4, 0.5) is 5.69 Å². The van der Waals surface area contributed by atoms with Crippen LogP contribution in [0.25, 0.3) is 0 Å². The number of carbonyl (C=O) groups excluding carboxylic acids is 2. The molecule has 0 spiro atoms. The second-order valence-electron chi connectivity index (χ2n) is 5.75. The van der Waals surface area contributed by atoms with Crippen LogP contribution in [0.15, 0.2) is 6.20 Å². The van der Waals surface area contributed by atoms with Crippen LogP contribution in [0, 0.1) is 13.8 Å². The van der Waals surface area contributed by atoms with Gasteiger partial charge in [0.25, 0.3) is 0 Å². The van der Waals surface area contributed by atoms with Gasteiger partial charge in [-0.25, -0.2) is 0 Å². The Hall–Kier alpha value is -2.11. The van der Waals surface area contributed by atoms with Crippen molar-refractivity contribution in [2.45, 2.75) is 40.3 Å². The Morgan fingerprint density at radius 3 is 2.52 bits per heavy atom. The Balaban J connectivity index is 2.17. The molecule has 2 rings (SSSR count). The van der Waals surface area contributed by atoms with Crippen molar-refractivity contribution in [2.75, 3.05) is 18.8 Å². The number of piperazine rings is 1. The molecule has 1 aromatic heterocycles. The molecule has 21 heavy (non-hydrogen) atoms. The fourth-order valence-corrected chi connectivity index (χ4v) is 2.47. The summed E-state index contributed by atoms with van der Waals surface area (Å²) >= 11 is 0. The molecule has 1 fully saturated rings. The van der Waals surface area contributed by atoms with Crippen LogP contribution in [-0.4, -0.2) is 45.7 Å². The number of amides is 2. The lowest BCUT2D eigenvalue weighted by Crippen LogP contribution is -2.55.